The van der Waals surface area contributed by atoms with Gasteiger partial charge < -0.3 is 5.32 Å². The lowest BCUT2D eigenvalue weighted by Crippen LogP contribution is -2.40. The van der Waals surface area contributed by atoms with E-state index in [9.17, 15) is 8.42 Å². The molecule has 1 aromatic heterocycles. The van der Waals surface area contributed by atoms with E-state index in [4.69, 9.17) is 0 Å². The van der Waals surface area contributed by atoms with E-state index < -0.39 is 9.84 Å². The van der Waals surface area contributed by atoms with Crippen molar-refractivity contribution in [2.45, 2.75) is 46.2 Å². The summed E-state index contributed by atoms with van der Waals surface area (Å²) in [7, 11) is -2.89. The van der Waals surface area contributed by atoms with Gasteiger partial charge in [-0.25, -0.2) is 8.42 Å². The van der Waals surface area contributed by atoms with E-state index in [-0.39, 0.29) is 17.5 Å². The Hall–Kier alpha value is -0.390. The van der Waals surface area contributed by atoms with Crippen molar-refractivity contribution >= 4 is 21.2 Å². The molecule has 0 amide bonds. The van der Waals surface area contributed by atoms with Crippen LogP contribution in [-0.2, 0) is 16.3 Å². The molecule has 104 valence electrons. The van der Waals surface area contributed by atoms with E-state index in [1.165, 1.54) is 9.75 Å². The zero-order valence-electron chi connectivity index (χ0n) is 11.6. The summed E-state index contributed by atoms with van der Waals surface area (Å²) in [5.41, 5.74) is 0. The lowest BCUT2D eigenvalue weighted by Gasteiger charge is -2.19. The molecule has 0 aliphatic heterocycles. The molecule has 1 rings (SSSR count). The Kier molecular flexibility index (Phi) is 5.82. The van der Waals surface area contributed by atoms with Gasteiger partial charge in [0.25, 0.3) is 0 Å². The van der Waals surface area contributed by atoms with E-state index in [1.807, 2.05) is 6.92 Å². The van der Waals surface area contributed by atoms with Crippen LogP contribution in [0.1, 0.15) is 30.5 Å². The fourth-order valence-electron chi connectivity index (χ4n) is 1.99. The Labute approximate surface area is 115 Å². The number of sulfone groups is 1. The van der Waals surface area contributed by atoms with E-state index in [2.05, 4.69) is 31.3 Å². The van der Waals surface area contributed by atoms with Gasteiger partial charge in [0, 0.05) is 27.6 Å². The molecule has 0 fully saturated rings. The molecule has 3 nitrogen and oxygen atoms in total. The van der Waals surface area contributed by atoms with Gasteiger partial charge in [0.05, 0.1) is 5.75 Å². The summed E-state index contributed by atoms with van der Waals surface area (Å²) in [5.74, 6) is 0.439. The monoisotopic (exact) mass is 289 g/mol. The number of rotatable bonds is 7. The summed E-state index contributed by atoms with van der Waals surface area (Å²) in [6, 6.07) is 4.57. The van der Waals surface area contributed by atoms with Crippen LogP contribution in [0.3, 0.4) is 0 Å². The summed E-state index contributed by atoms with van der Waals surface area (Å²) in [6.45, 7) is 7.83. The van der Waals surface area contributed by atoms with Gasteiger partial charge in [0.2, 0.25) is 0 Å². The maximum Gasteiger partial charge on any atom is 0.151 e. The highest BCUT2D eigenvalue weighted by atomic mass is 32.2. The molecule has 18 heavy (non-hydrogen) atoms. The minimum absolute atomic E-state index is 0.00556. The quantitative estimate of drug-likeness (QED) is 0.838. The van der Waals surface area contributed by atoms with Gasteiger partial charge in [-0.15, -0.1) is 11.3 Å². The molecule has 0 spiro atoms. The van der Waals surface area contributed by atoms with Gasteiger partial charge in [-0.2, -0.15) is 0 Å². The average Bonchev–Trinajstić information content (AvgIpc) is 2.62. The third-order valence-corrected chi connectivity index (χ3v) is 5.73. The van der Waals surface area contributed by atoms with Gasteiger partial charge in [-0.1, -0.05) is 6.92 Å². The summed E-state index contributed by atoms with van der Waals surface area (Å²) in [6.07, 6.45) is 0.953. The molecule has 0 radical (unpaired) electrons. The van der Waals surface area contributed by atoms with Crippen molar-refractivity contribution in [2.24, 2.45) is 0 Å². The number of hydrogen-bond acceptors (Lipinski definition) is 4. The highest BCUT2D eigenvalue weighted by Crippen LogP contribution is 2.16. The van der Waals surface area contributed by atoms with E-state index in [0.29, 0.717) is 6.04 Å². The van der Waals surface area contributed by atoms with Gasteiger partial charge in [0.15, 0.2) is 9.84 Å². The standard InChI is InChI=1S/C13H23NO2S2/c1-5-18(15,16)9-11(3)14-10(2)8-13-7-6-12(4)17-13/h6-7,10-11,14H,5,8-9H2,1-4H3. The van der Waals surface area contributed by atoms with Crippen LogP contribution in [0.15, 0.2) is 12.1 Å². The van der Waals surface area contributed by atoms with Crippen LogP contribution in [-0.4, -0.2) is 32.0 Å². The fraction of sp³-hybridized carbons (Fsp3) is 0.692. The third kappa shape index (κ3) is 5.50. The van der Waals surface area contributed by atoms with Crippen LogP contribution in [0, 0.1) is 6.92 Å². The smallest absolute Gasteiger partial charge is 0.151 e. The normalized spacial score (nSPS) is 15.6. The van der Waals surface area contributed by atoms with E-state index >= 15 is 0 Å². The maximum absolute atomic E-state index is 11.5. The predicted octanol–water partition coefficient (Wildman–Crippen LogP) is 2.40. The lowest BCUT2D eigenvalue weighted by atomic mass is 10.2. The highest BCUT2D eigenvalue weighted by molar-refractivity contribution is 7.91. The number of aryl methyl sites for hydroxylation is 1. The van der Waals surface area contributed by atoms with Crippen molar-refractivity contribution in [3.05, 3.63) is 21.9 Å². The number of nitrogens with one attached hydrogen (secondary N) is 1. The second kappa shape index (κ2) is 6.68. The molecule has 1 aromatic rings. The zero-order chi connectivity index (χ0) is 13.8. The molecule has 1 heterocycles. The van der Waals surface area contributed by atoms with Crippen molar-refractivity contribution in [2.75, 3.05) is 11.5 Å². The first-order valence-electron chi connectivity index (χ1n) is 6.34. The molecular weight excluding hydrogens is 266 g/mol. The molecule has 0 saturated carbocycles. The molecule has 2 atom stereocenters. The molecule has 5 heteroatoms. The van der Waals surface area contributed by atoms with Crippen LogP contribution in [0.2, 0.25) is 0 Å². The highest BCUT2D eigenvalue weighted by Gasteiger charge is 2.15. The molecule has 0 bridgehead atoms. The molecule has 0 aromatic carbocycles. The van der Waals surface area contributed by atoms with Gasteiger partial charge in [-0.3, -0.25) is 0 Å². The molecule has 0 aliphatic rings. The van der Waals surface area contributed by atoms with Crippen LogP contribution in [0.25, 0.3) is 0 Å². The summed E-state index contributed by atoms with van der Waals surface area (Å²) < 4.78 is 23.0. The minimum atomic E-state index is -2.89. The van der Waals surface area contributed by atoms with Crippen LogP contribution in [0.4, 0.5) is 0 Å². The molecule has 0 aliphatic carbocycles. The third-order valence-electron chi connectivity index (χ3n) is 2.82. The van der Waals surface area contributed by atoms with Crippen LogP contribution in [0.5, 0.6) is 0 Å². The zero-order valence-corrected chi connectivity index (χ0v) is 13.2. The SMILES string of the molecule is CCS(=O)(=O)CC(C)NC(C)Cc1ccc(C)s1. The second-order valence-electron chi connectivity index (χ2n) is 4.88. The molecule has 0 saturated heterocycles. The second-order valence-corrected chi connectivity index (χ2v) is 8.65. The van der Waals surface area contributed by atoms with E-state index in [1.54, 1.807) is 18.3 Å². The summed E-state index contributed by atoms with van der Waals surface area (Å²) >= 11 is 1.80. The van der Waals surface area contributed by atoms with Crippen molar-refractivity contribution in [1.29, 1.82) is 0 Å². The van der Waals surface area contributed by atoms with Crippen molar-refractivity contribution in [3.8, 4) is 0 Å². The van der Waals surface area contributed by atoms with Gasteiger partial charge in [0.1, 0.15) is 0 Å². The van der Waals surface area contributed by atoms with Crippen molar-refractivity contribution in [3.63, 3.8) is 0 Å². The first-order valence-corrected chi connectivity index (χ1v) is 8.98. The molecular formula is C13H23NO2S2. The maximum atomic E-state index is 11.5. The van der Waals surface area contributed by atoms with E-state index in [0.717, 1.165) is 6.42 Å². The fourth-order valence-corrected chi connectivity index (χ4v) is 4.10. The number of thiophene rings is 1. The van der Waals surface area contributed by atoms with Crippen molar-refractivity contribution in [1.82, 2.24) is 5.32 Å². The Morgan fingerprint density at radius 1 is 1.28 bits per heavy atom. The van der Waals surface area contributed by atoms with Crippen molar-refractivity contribution < 1.29 is 8.42 Å². The minimum Gasteiger partial charge on any atom is -0.310 e. The average molecular weight is 289 g/mol. The van der Waals surface area contributed by atoms with Gasteiger partial charge in [-0.05, 0) is 39.3 Å². The molecule has 2 unspecified atom stereocenters. The summed E-state index contributed by atoms with van der Waals surface area (Å²) in [4.78, 5) is 2.66. The summed E-state index contributed by atoms with van der Waals surface area (Å²) in [5, 5.41) is 3.36. The largest absolute Gasteiger partial charge is 0.310 e. The first kappa shape index (κ1) is 15.7. The Bertz CT molecular complexity index is 465. The lowest BCUT2D eigenvalue weighted by molar-refractivity contribution is 0.485. The predicted molar refractivity (Wildman–Crippen MR) is 79.1 cm³/mol. The van der Waals surface area contributed by atoms with Crippen LogP contribution >= 0.6 is 11.3 Å². The van der Waals surface area contributed by atoms with Gasteiger partial charge >= 0.3 is 0 Å². The Morgan fingerprint density at radius 2 is 1.94 bits per heavy atom. The Balaban J connectivity index is 2.42. The topological polar surface area (TPSA) is 46.2 Å². The van der Waals surface area contributed by atoms with Crippen LogP contribution < -0.4 is 5.32 Å². The molecule has 1 N–H and O–H groups in total. The first-order chi connectivity index (χ1) is 8.32. The Morgan fingerprint density at radius 3 is 2.44 bits per heavy atom. The number of hydrogen-bond donors (Lipinski definition) is 1.